The van der Waals surface area contributed by atoms with Crippen LogP contribution in [0.3, 0.4) is 0 Å². The average molecular weight is 245 g/mol. The highest BCUT2D eigenvalue weighted by Crippen LogP contribution is 2.09. The summed E-state index contributed by atoms with van der Waals surface area (Å²) in [7, 11) is 0. The number of hydrogen-bond donors (Lipinski definition) is 2. The summed E-state index contributed by atoms with van der Waals surface area (Å²) in [6.45, 7) is 1.83. The fourth-order valence-corrected chi connectivity index (χ4v) is 1.08. The minimum absolute atomic E-state index is 0.0463. The zero-order valence-corrected chi connectivity index (χ0v) is 9.55. The number of hydrazone groups is 1. The van der Waals surface area contributed by atoms with E-state index in [1.165, 1.54) is 0 Å². The molecule has 15 heavy (non-hydrogen) atoms. The Hall–Kier alpha value is -1.26. The highest BCUT2D eigenvalue weighted by atomic mass is 35.5. The van der Waals surface area contributed by atoms with E-state index in [-0.39, 0.29) is 5.96 Å². The van der Waals surface area contributed by atoms with Crippen LogP contribution in [0.5, 0.6) is 0 Å². The first kappa shape index (κ1) is 11.8. The van der Waals surface area contributed by atoms with Gasteiger partial charge in [0.2, 0.25) is 5.96 Å². The van der Waals surface area contributed by atoms with Crippen molar-refractivity contribution in [2.45, 2.75) is 6.92 Å². The molecule has 0 atom stereocenters. The van der Waals surface area contributed by atoms with Crippen LogP contribution in [0.1, 0.15) is 12.5 Å². The van der Waals surface area contributed by atoms with Gasteiger partial charge in [0.05, 0.1) is 5.71 Å². The molecule has 3 N–H and O–H groups in total. The summed E-state index contributed by atoms with van der Waals surface area (Å²) < 4.78 is 3.20. The minimum atomic E-state index is 0.0463. The molecule has 0 spiro atoms. The summed E-state index contributed by atoms with van der Waals surface area (Å²) in [6, 6.07) is 7.29. The smallest absolute Gasteiger partial charge is 0.226 e. The largest absolute Gasteiger partial charge is 0.367 e. The van der Waals surface area contributed by atoms with E-state index >= 15 is 0 Å². The Balaban J connectivity index is 2.76. The van der Waals surface area contributed by atoms with Crippen LogP contribution in [0, 0.1) is 0 Å². The van der Waals surface area contributed by atoms with Crippen LogP contribution in [0.2, 0.25) is 5.02 Å². The van der Waals surface area contributed by atoms with Crippen molar-refractivity contribution in [2.24, 2.45) is 15.3 Å². The first-order valence-electron chi connectivity index (χ1n) is 4.14. The number of nitrogens with one attached hydrogen (secondary N) is 1. The lowest BCUT2D eigenvalue weighted by molar-refractivity contribution is 1.01. The summed E-state index contributed by atoms with van der Waals surface area (Å²) >= 11 is 10.9. The van der Waals surface area contributed by atoms with E-state index in [2.05, 4.69) is 15.0 Å². The summed E-state index contributed by atoms with van der Waals surface area (Å²) in [5.41, 5.74) is 9.50. The second-order valence-electron chi connectivity index (χ2n) is 2.79. The van der Waals surface area contributed by atoms with Crippen molar-refractivity contribution in [2.75, 3.05) is 0 Å². The van der Waals surface area contributed by atoms with Gasteiger partial charge in [0.1, 0.15) is 0 Å². The standard InChI is InChI=1S/C9H10Cl2N4/c1-6(14-15-9(12)13-11)7-2-4-8(10)5-3-7/h2-5H,1H3,(H3,12,13,15). The van der Waals surface area contributed by atoms with E-state index in [0.29, 0.717) is 5.02 Å². The SMILES string of the molecule is CC(=NN/C(N)=N/Cl)c1ccc(Cl)cc1. The fourth-order valence-electron chi connectivity index (χ4n) is 0.916. The Bertz CT molecular complexity index is 384. The molecule has 1 rings (SSSR count). The normalized spacial score (nSPS) is 12.7. The third-order valence-corrected chi connectivity index (χ3v) is 2.13. The average Bonchev–Trinajstić information content (AvgIpc) is 2.26. The second kappa shape index (κ2) is 5.58. The Kier molecular flexibility index (Phi) is 4.39. The molecule has 0 aliphatic rings. The number of hydrogen-bond acceptors (Lipinski definition) is 2. The first-order valence-corrected chi connectivity index (χ1v) is 4.85. The van der Waals surface area contributed by atoms with Crippen molar-refractivity contribution in [1.29, 1.82) is 0 Å². The molecule has 0 radical (unpaired) electrons. The van der Waals surface area contributed by atoms with Crippen molar-refractivity contribution in [1.82, 2.24) is 5.43 Å². The van der Waals surface area contributed by atoms with Gasteiger partial charge in [-0.3, -0.25) is 0 Å². The zero-order chi connectivity index (χ0) is 11.3. The van der Waals surface area contributed by atoms with Gasteiger partial charge < -0.3 is 5.73 Å². The molecular weight excluding hydrogens is 235 g/mol. The molecule has 6 heteroatoms. The van der Waals surface area contributed by atoms with E-state index in [4.69, 9.17) is 29.1 Å². The molecule has 0 heterocycles. The first-order chi connectivity index (χ1) is 7.13. The summed E-state index contributed by atoms with van der Waals surface area (Å²) in [5, 5.41) is 4.66. The van der Waals surface area contributed by atoms with Gasteiger partial charge in [-0.1, -0.05) is 23.7 Å². The Morgan fingerprint density at radius 2 is 1.93 bits per heavy atom. The highest BCUT2D eigenvalue weighted by molar-refractivity contribution is 6.30. The number of halogens is 2. The molecule has 0 amide bonds. The molecular formula is C9H10Cl2N4. The number of benzene rings is 1. The van der Waals surface area contributed by atoms with E-state index in [1.807, 2.05) is 19.1 Å². The number of guanidine groups is 1. The van der Waals surface area contributed by atoms with Crippen molar-refractivity contribution >= 4 is 35.0 Å². The quantitative estimate of drug-likeness (QED) is 0.476. The van der Waals surface area contributed by atoms with Crippen molar-refractivity contribution < 1.29 is 0 Å². The van der Waals surface area contributed by atoms with E-state index in [0.717, 1.165) is 11.3 Å². The molecule has 4 nitrogen and oxygen atoms in total. The van der Waals surface area contributed by atoms with Gasteiger partial charge in [-0.05, 0) is 24.6 Å². The van der Waals surface area contributed by atoms with Crippen LogP contribution in [-0.2, 0) is 0 Å². The van der Waals surface area contributed by atoms with Crippen LogP contribution in [0.15, 0.2) is 33.9 Å². The lowest BCUT2D eigenvalue weighted by atomic mass is 10.1. The molecule has 0 aliphatic carbocycles. The van der Waals surface area contributed by atoms with E-state index in [1.54, 1.807) is 12.1 Å². The summed E-state index contributed by atoms with van der Waals surface area (Å²) in [6.07, 6.45) is 0. The second-order valence-corrected chi connectivity index (χ2v) is 3.39. The van der Waals surface area contributed by atoms with Crippen LogP contribution < -0.4 is 11.2 Å². The van der Waals surface area contributed by atoms with Crippen LogP contribution >= 0.6 is 23.4 Å². The third-order valence-electron chi connectivity index (χ3n) is 1.69. The maximum absolute atomic E-state index is 5.75. The number of rotatable bonds is 2. The lowest BCUT2D eigenvalue weighted by Crippen LogP contribution is -2.27. The third kappa shape index (κ3) is 3.77. The minimum Gasteiger partial charge on any atom is -0.367 e. The maximum atomic E-state index is 5.75. The van der Waals surface area contributed by atoms with Gasteiger partial charge in [0.15, 0.2) is 0 Å². The van der Waals surface area contributed by atoms with E-state index < -0.39 is 0 Å². The molecule has 0 aromatic heterocycles. The molecule has 1 aromatic carbocycles. The molecule has 0 unspecified atom stereocenters. The molecule has 1 aromatic rings. The summed E-state index contributed by atoms with van der Waals surface area (Å²) in [4.78, 5) is 0. The summed E-state index contributed by atoms with van der Waals surface area (Å²) in [5.74, 6) is 0.0463. The number of nitrogens with zero attached hydrogens (tertiary/aromatic N) is 2. The van der Waals surface area contributed by atoms with Crippen LogP contribution in [0.25, 0.3) is 0 Å². The molecule has 0 saturated heterocycles. The monoisotopic (exact) mass is 244 g/mol. The van der Waals surface area contributed by atoms with Gasteiger partial charge >= 0.3 is 0 Å². The molecule has 0 saturated carbocycles. The topological polar surface area (TPSA) is 62.8 Å². The highest BCUT2D eigenvalue weighted by Gasteiger charge is 1.97. The maximum Gasteiger partial charge on any atom is 0.226 e. The van der Waals surface area contributed by atoms with Gasteiger partial charge in [-0.15, -0.1) is 4.51 Å². The van der Waals surface area contributed by atoms with Gasteiger partial charge in [0.25, 0.3) is 0 Å². The predicted octanol–water partition coefficient (Wildman–Crippen LogP) is 2.12. The van der Waals surface area contributed by atoms with Gasteiger partial charge in [-0.25, -0.2) is 5.43 Å². The van der Waals surface area contributed by atoms with Crippen molar-refractivity contribution in [3.05, 3.63) is 34.9 Å². The zero-order valence-electron chi connectivity index (χ0n) is 8.04. The van der Waals surface area contributed by atoms with Gasteiger partial charge in [0, 0.05) is 16.8 Å². The molecule has 0 bridgehead atoms. The van der Waals surface area contributed by atoms with Crippen LogP contribution in [-0.4, -0.2) is 11.7 Å². The molecule has 0 fully saturated rings. The van der Waals surface area contributed by atoms with Crippen molar-refractivity contribution in [3.8, 4) is 0 Å². The Morgan fingerprint density at radius 1 is 1.33 bits per heavy atom. The lowest BCUT2D eigenvalue weighted by Gasteiger charge is -2.01. The predicted molar refractivity (Wildman–Crippen MR) is 64.3 cm³/mol. The Morgan fingerprint density at radius 3 is 2.47 bits per heavy atom. The number of nitrogens with two attached hydrogens (primary N) is 1. The van der Waals surface area contributed by atoms with Crippen molar-refractivity contribution in [3.63, 3.8) is 0 Å². The van der Waals surface area contributed by atoms with Gasteiger partial charge in [-0.2, -0.15) is 5.10 Å². The Labute approximate surface area is 97.9 Å². The fraction of sp³-hybridized carbons (Fsp3) is 0.111. The molecule has 80 valence electrons. The van der Waals surface area contributed by atoms with Crippen LogP contribution in [0.4, 0.5) is 0 Å². The molecule has 0 aliphatic heterocycles. The van der Waals surface area contributed by atoms with E-state index in [9.17, 15) is 0 Å².